The average molecular weight is 507 g/mol. The Morgan fingerprint density at radius 1 is 1.00 bits per heavy atom. The predicted molar refractivity (Wildman–Crippen MR) is 140 cm³/mol. The molecule has 2 heterocycles. The highest BCUT2D eigenvalue weighted by Crippen LogP contribution is 2.35. The van der Waals surface area contributed by atoms with Gasteiger partial charge >= 0.3 is 0 Å². The van der Waals surface area contributed by atoms with Crippen LogP contribution >= 0.6 is 23.1 Å². The summed E-state index contributed by atoms with van der Waals surface area (Å²) >= 11 is 2.94. The molecule has 0 saturated heterocycles. The summed E-state index contributed by atoms with van der Waals surface area (Å²) in [5.74, 6) is 1.88. The van der Waals surface area contributed by atoms with E-state index in [0.717, 1.165) is 43.9 Å². The Bertz CT molecular complexity index is 1270. The molecule has 0 bridgehead atoms. The fourth-order valence-electron chi connectivity index (χ4n) is 3.45. The minimum atomic E-state index is -0.0433. The van der Waals surface area contributed by atoms with Crippen molar-refractivity contribution >= 4 is 29.0 Å². The minimum Gasteiger partial charge on any atom is -0.497 e. The van der Waals surface area contributed by atoms with Gasteiger partial charge in [-0.15, -0.1) is 21.5 Å². The highest BCUT2D eigenvalue weighted by molar-refractivity contribution is 7.99. The fourth-order valence-corrected chi connectivity index (χ4v) is 5.13. The number of hydrogen-bond donors (Lipinski definition) is 1. The van der Waals surface area contributed by atoms with Gasteiger partial charge in [-0.3, -0.25) is 4.79 Å². The van der Waals surface area contributed by atoms with Gasteiger partial charge in [0.15, 0.2) is 0 Å². The van der Waals surface area contributed by atoms with E-state index in [1.54, 1.807) is 25.6 Å². The lowest BCUT2D eigenvalue weighted by molar-refractivity contribution is -0.118. The molecule has 0 atom stereocenters. The number of amides is 1. The third kappa shape index (κ3) is 6.37. The first-order valence-electron chi connectivity index (χ1n) is 11.0. The highest BCUT2D eigenvalue weighted by Gasteiger charge is 2.14. The van der Waals surface area contributed by atoms with Gasteiger partial charge in [0.1, 0.15) is 27.2 Å². The van der Waals surface area contributed by atoms with Crippen LogP contribution in [-0.2, 0) is 11.2 Å². The van der Waals surface area contributed by atoms with Crippen LogP contribution in [0.1, 0.15) is 11.3 Å². The standard InChI is InChI=1S/C26H26N4O3S2/c1-17-25(35-26(28-17)19-8-10-20(32-2)11-9-19)21-12-13-24(30-29-21)34-16-23(31)27-15-14-18-6-4-5-7-22(18)33-3/h4-13H,14-16H2,1-3H3,(H,27,31). The monoisotopic (exact) mass is 506 g/mol. The fraction of sp³-hybridized carbons (Fsp3) is 0.231. The number of methoxy groups -OCH3 is 2. The van der Waals surface area contributed by atoms with Crippen LogP contribution in [0, 0.1) is 6.92 Å². The lowest BCUT2D eigenvalue weighted by atomic mass is 10.1. The minimum absolute atomic E-state index is 0.0433. The Balaban J connectivity index is 1.30. The Hall–Kier alpha value is -3.43. The van der Waals surface area contributed by atoms with Gasteiger partial charge in [-0.05, 0) is 61.4 Å². The largest absolute Gasteiger partial charge is 0.497 e. The van der Waals surface area contributed by atoms with Crippen molar-refractivity contribution in [3.05, 3.63) is 71.9 Å². The van der Waals surface area contributed by atoms with E-state index in [0.29, 0.717) is 18.0 Å². The van der Waals surface area contributed by atoms with Gasteiger partial charge in [-0.1, -0.05) is 30.0 Å². The molecule has 0 aliphatic rings. The molecule has 0 aliphatic heterocycles. The zero-order valence-corrected chi connectivity index (χ0v) is 21.4. The Morgan fingerprint density at radius 2 is 1.80 bits per heavy atom. The number of hydrogen-bond acceptors (Lipinski definition) is 8. The molecule has 180 valence electrons. The summed E-state index contributed by atoms with van der Waals surface area (Å²) in [6.07, 6.45) is 0.710. The number of nitrogens with zero attached hydrogens (tertiary/aromatic N) is 3. The van der Waals surface area contributed by atoms with Crippen LogP contribution in [0.4, 0.5) is 0 Å². The van der Waals surface area contributed by atoms with E-state index in [1.807, 2.05) is 67.6 Å². The molecule has 0 unspecified atom stereocenters. The number of nitrogens with one attached hydrogen (secondary N) is 1. The molecule has 0 radical (unpaired) electrons. The number of para-hydroxylation sites is 1. The Morgan fingerprint density at radius 3 is 2.51 bits per heavy atom. The number of carbonyl (C=O) groups is 1. The molecule has 1 N–H and O–H groups in total. The van der Waals surface area contributed by atoms with E-state index in [1.165, 1.54) is 11.8 Å². The van der Waals surface area contributed by atoms with Gasteiger partial charge in [0.2, 0.25) is 5.91 Å². The molecule has 0 spiro atoms. The third-order valence-corrected chi connectivity index (χ3v) is 7.42. The molecule has 4 rings (SSSR count). The van der Waals surface area contributed by atoms with Crippen molar-refractivity contribution in [2.75, 3.05) is 26.5 Å². The second kappa shape index (κ2) is 11.8. The number of thioether (sulfide) groups is 1. The van der Waals surface area contributed by atoms with Crippen molar-refractivity contribution in [2.24, 2.45) is 0 Å². The lowest BCUT2D eigenvalue weighted by Gasteiger charge is -2.09. The summed E-state index contributed by atoms with van der Waals surface area (Å²) in [5.41, 5.74) is 3.77. The summed E-state index contributed by atoms with van der Waals surface area (Å²) in [6.45, 7) is 2.52. The van der Waals surface area contributed by atoms with Gasteiger partial charge in [0.05, 0.1) is 30.5 Å². The maximum absolute atomic E-state index is 12.2. The topological polar surface area (TPSA) is 86.2 Å². The molecule has 0 fully saturated rings. The van der Waals surface area contributed by atoms with Crippen molar-refractivity contribution in [2.45, 2.75) is 18.4 Å². The first-order valence-corrected chi connectivity index (χ1v) is 12.8. The third-order valence-electron chi connectivity index (χ3n) is 5.27. The second-order valence-corrected chi connectivity index (χ2v) is 9.61. The molecule has 0 aliphatic carbocycles. The Kier molecular flexibility index (Phi) is 8.33. The van der Waals surface area contributed by atoms with E-state index < -0.39 is 0 Å². The van der Waals surface area contributed by atoms with Crippen LogP contribution in [0.5, 0.6) is 11.5 Å². The molecule has 2 aromatic carbocycles. The summed E-state index contributed by atoms with van der Waals surface area (Å²) in [6, 6.07) is 19.5. The van der Waals surface area contributed by atoms with Gasteiger partial charge in [0, 0.05) is 12.1 Å². The second-order valence-electron chi connectivity index (χ2n) is 7.62. The quantitative estimate of drug-likeness (QED) is 0.302. The van der Waals surface area contributed by atoms with Crippen LogP contribution < -0.4 is 14.8 Å². The van der Waals surface area contributed by atoms with Gasteiger partial charge < -0.3 is 14.8 Å². The first kappa shape index (κ1) is 24.7. The zero-order valence-electron chi connectivity index (χ0n) is 19.8. The molecule has 35 heavy (non-hydrogen) atoms. The van der Waals surface area contributed by atoms with Crippen LogP contribution in [0.2, 0.25) is 0 Å². The Labute approximate surface area is 212 Å². The summed E-state index contributed by atoms with van der Waals surface area (Å²) < 4.78 is 10.6. The van der Waals surface area contributed by atoms with Crippen LogP contribution in [-0.4, -0.2) is 47.6 Å². The maximum atomic E-state index is 12.2. The summed E-state index contributed by atoms with van der Waals surface area (Å²) in [7, 11) is 3.30. The zero-order chi connectivity index (χ0) is 24.6. The smallest absolute Gasteiger partial charge is 0.230 e. The number of aromatic nitrogens is 3. The summed E-state index contributed by atoms with van der Waals surface area (Å²) in [5, 5.41) is 13.2. The van der Waals surface area contributed by atoms with Crippen molar-refractivity contribution in [3.63, 3.8) is 0 Å². The lowest BCUT2D eigenvalue weighted by Crippen LogP contribution is -2.27. The van der Waals surface area contributed by atoms with E-state index in [-0.39, 0.29) is 11.7 Å². The molecule has 7 nitrogen and oxygen atoms in total. The van der Waals surface area contributed by atoms with Crippen molar-refractivity contribution in [1.82, 2.24) is 20.5 Å². The first-order chi connectivity index (χ1) is 17.1. The van der Waals surface area contributed by atoms with Gasteiger partial charge in [-0.2, -0.15) is 0 Å². The number of thiazole rings is 1. The van der Waals surface area contributed by atoms with Crippen LogP contribution in [0.3, 0.4) is 0 Å². The molecular weight excluding hydrogens is 480 g/mol. The van der Waals surface area contributed by atoms with Crippen LogP contribution in [0.25, 0.3) is 21.1 Å². The van der Waals surface area contributed by atoms with Crippen molar-refractivity contribution < 1.29 is 14.3 Å². The van der Waals surface area contributed by atoms with E-state index in [9.17, 15) is 4.79 Å². The van der Waals surface area contributed by atoms with E-state index >= 15 is 0 Å². The number of ether oxygens (including phenoxy) is 2. The molecular formula is C26H26N4O3S2. The van der Waals surface area contributed by atoms with Gasteiger partial charge in [0.25, 0.3) is 0 Å². The van der Waals surface area contributed by atoms with E-state index in [4.69, 9.17) is 14.5 Å². The highest BCUT2D eigenvalue weighted by atomic mass is 32.2. The molecule has 2 aromatic heterocycles. The van der Waals surface area contributed by atoms with E-state index in [2.05, 4.69) is 15.5 Å². The van der Waals surface area contributed by atoms with Crippen LogP contribution in [0.15, 0.2) is 65.7 Å². The van der Waals surface area contributed by atoms with Crippen molar-refractivity contribution in [1.29, 1.82) is 0 Å². The SMILES string of the molecule is COc1ccc(-c2nc(C)c(-c3ccc(SCC(=O)NCCc4ccccc4OC)nn3)s2)cc1. The number of rotatable bonds is 10. The maximum Gasteiger partial charge on any atom is 0.230 e. The summed E-state index contributed by atoms with van der Waals surface area (Å²) in [4.78, 5) is 17.9. The normalized spacial score (nSPS) is 10.7. The predicted octanol–water partition coefficient (Wildman–Crippen LogP) is 5.04. The molecule has 4 aromatic rings. The number of benzene rings is 2. The molecule has 9 heteroatoms. The molecule has 1 amide bonds. The number of carbonyl (C=O) groups excluding carboxylic acids is 1. The van der Waals surface area contributed by atoms with Gasteiger partial charge in [-0.25, -0.2) is 4.98 Å². The number of aryl methyl sites for hydroxylation is 1. The molecule has 0 saturated carbocycles. The van der Waals surface area contributed by atoms with Crippen molar-refractivity contribution in [3.8, 4) is 32.6 Å². The average Bonchev–Trinajstić information content (AvgIpc) is 3.29.